The van der Waals surface area contributed by atoms with Crippen molar-refractivity contribution < 1.29 is 14.5 Å². The zero-order valence-electron chi connectivity index (χ0n) is 16.2. The van der Waals surface area contributed by atoms with Crippen LogP contribution in [0.15, 0.2) is 48.5 Å². The maximum Gasteiger partial charge on any atom is 0.270 e. The predicted molar refractivity (Wildman–Crippen MR) is 110 cm³/mol. The molecule has 0 bridgehead atoms. The number of hydrogen-bond acceptors (Lipinski definition) is 5. The molecule has 1 aliphatic rings. The van der Waals surface area contributed by atoms with E-state index in [-0.39, 0.29) is 29.6 Å². The first-order valence-electron chi connectivity index (χ1n) is 9.76. The molecule has 2 heterocycles. The normalized spacial score (nSPS) is 14.6. The maximum absolute atomic E-state index is 12.5. The van der Waals surface area contributed by atoms with Gasteiger partial charge in [-0.3, -0.25) is 19.7 Å². The van der Waals surface area contributed by atoms with Crippen molar-refractivity contribution >= 4 is 28.5 Å². The molecule has 0 radical (unpaired) electrons. The number of H-pyrrole nitrogens is 1. The first-order valence-corrected chi connectivity index (χ1v) is 9.76. The van der Waals surface area contributed by atoms with Crippen LogP contribution in [-0.4, -0.2) is 51.2 Å². The fourth-order valence-corrected chi connectivity index (χ4v) is 3.70. The highest BCUT2D eigenvalue weighted by Gasteiger charge is 2.26. The number of piperidine rings is 1. The molecule has 30 heavy (non-hydrogen) atoms. The Morgan fingerprint density at radius 1 is 1.17 bits per heavy atom. The van der Waals surface area contributed by atoms with Crippen LogP contribution in [0.1, 0.15) is 34.9 Å². The third kappa shape index (κ3) is 4.14. The number of rotatable bonds is 5. The number of carbonyl (C=O) groups excluding carboxylic acids is 2. The number of aromatic amines is 1. The summed E-state index contributed by atoms with van der Waals surface area (Å²) in [6.07, 6.45) is 1.59. The molecule has 2 aromatic carbocycles. The molecule has 0 saturated carbocycles. The molecule has 154 valence electrons. The van der Waals surface area contributed by atoms with Crippen LogP contribution in [-0.2, 0) is 4.79 Å². The maximum atomic E-state index is 12.5. The summed E-state index contributed by atoms with van der Waals surface area (Å²) < 4.78 is 0. The number of carbonyl (C=O) groups is 2. The number of fused-ring (bicyclic) bond motifs is 1. The van der Waals surface area contributed by atoms with Gasteiger partial charge in [0.1, 0.15) is 5.82 Å². The van der Waals surface area contributed by atoms with Crippen molar-refractivity contribution in [2.24, 2.45) is 0 Å². The first kappa shape index (κ1) is 19.6. The van der Waals surface area contributed by atoms with Crippen LogP contribution in [0.5, 0.6) is 0 Å². The molecule has 0 atom stereocenters. The second kappa shape index (κ2) is 8.32. The van der Waals surface area contributed by atoms with Gasteiger partial charge in [0.05, 0.1) is 22.5 Å². The van der Waals surface area contributed by atoms with Gasteiger partial charge in [0.2, 0.25) is 5.91 Å². The average molecular weight is 407 g/mol. The summed E-state index contributed by atoms with van der Waals surface area (Å²) in [5.41, 5.74) is 1.94. The van der Waals surface area contributed by atoms with Crippen LogP contribution >= 0.6 is 0 Å². The van der Waals surface area contributed by atoms with E-state index in [1.165, 1.54) is 24.3 Å². The number of nitro benzene ring substituents is 1. The van der Waals surface area contributed by atoms with Gasteiger partial charge in [0.15, 0.2) is 0 Å². The molecule has 1 fully saturated rings. The Bertz CT molecular complexity index is 1070. The number of nitrogens with one attached hydrogen (secondary N) is 2. The van der Waals surface area contributed by atoms with Gasteiger partial charge in [0, 0.05) is 36.7 Å². The second-order valence-electron chi connectivity index (χ2n) is 7.28. The summed E-state index contributed by atoms with van der Waals surface area (Å²) in [7, 11) is 0. The fourth-order valence-electron chi connectivity index (χ4n) is 3.70. The summed E-state index contributed by atoms with van der Waals surface area (Å²) in [4.78, 5) is 44.7. The number of para-hydroxylation sites is 2. The van der Waals surface area contributed by atoms with E-state index in [0.717, 1.165) is 29.7 Å². The largest absolute Gasteiger partial charge is 0.343 e. The first-order chi connectivity index (χ1) is 14.5. The number of benzene rings is 2. The van der Waals surface area contributed by atoms with E-state index in [4.69, 9.17) is 0 Å². The highest BCUT2D eigenvalue weighted by molar-refractivity contribution is 5.97. The van der Waals surface area contributed by atoms with Crippen molar-refractivity contribution in [1.82, 2.24) is 20.2 Å². The number of hydrogen-bond donors (Lipinski definition) is 2. The lowest BCUT2D eigenvalue weighted by Crippen LogP contribution is -2.43. The van der Waals surface area contributed by atoms with E-state index < -0.39 is 10.8 Å². The zero-order chi connectivity index (χ0) is 21.1. The Morgan fingerprint density at radius 2 is 1.93 bits per heavy atom. The van der Waals surface area contributed by atoms with Gasteiger partial charge in [0.25, 0.3) is 11.6 Å². The Morgan fingerprint density at radius 3 is 2.67 bits per heavy atom. The summed E-state index contributed by atoms with van der Waals surface area (Å²) in [6, 6.07) is 13.3. The summed E-state index contributed by atoms with van der Waals surface area (Å²) in [5.74, 6) is 0.532. The van der Waals surface area contributed by atoms with Crippen LogP contribution in [0.3, 0.4) is 0 Å². The van der Waals surface area contributed by atoms with E-state index in [1.54, 1.807) is 4.90 Å². The molecule has 0 unspecified atom stereocenters. The van der Waals surface area contributed by atoms with Crippen molar-refractivity contribution in [3.05, 3.63) is 70.0 Å². The van der Waals surface area contributed by atoms with E-state index in [0.29, 0.717) is 13.1 Å². The number of non-ortho nitro benzene ring substituents is 1. The Hall–Kier alpha value is -3.75. The van der Waals surface area contributed by atoms with Crippen molar-refractivity contribution in [3.63, 3.8) is 0 Å². The Kier molecular flexibility index (Phi) is 5.42. The van der Waals surface area contributed by atoms with Gasteiger partial charge in [-0.15, -0.1) is 0 Å². The molecule has 2 amide bonds. The molecular weight excluding hydrogens is 386 g/mol. The summed E-state index contributed by atoms with van der Waals surface area (Å²) >= 11 is 0. The van der Waals surface area contributed by atoms with Crippen LogP contribution in [0.4, 0.5) is 5.69 Å². The molecule has 1 saturated heterocycles. The smallest absolute Gasteiger partial charge is 0.270 e. The molecule has 1 aliphatic heterocycles. The van der Waals surface area contributed by atoms with Crippen molar-refractivity contribution in [2.45, 2.75) is 18.8 Å². The minimum absolute atomic E-state index is 0.142. The van der Waals surface area contributed by atoms with Gasteiger partial charge in [-0.05, 0) is 31.0 Å². The lowest BCUT2D eigenvalue weighted by Gasteiger charge is -2.31. The lowest BCUT2D eigenvalue weighted by molar-refractivity contribution is -0.384. The molecule has 0 aliphatic carbocycles. The van der Waals surface area contributed by atoms with E-state index >= 15 is 0 Å². The van der Waals surface area contributed by atoms with Crippen LogP contribution < -0.4 is 5.32 Å². The minimum Gasteiger partial charge on any atom is -0.343 e. The topological polar surface area (TPSA) is 121 Å². The molecular formula is C21H21N5O4. The van der Waals surface area contributed by atoms with E-state index in [9.17, 15) is 19.7 Å². The number of nitrogens with zero attached hydrogens (tertiary/aromatic N) is 3. The van der Waals surface area contributed by atoms with Crippen LogP contribution in [0.2, 0.25) is 0 Å². The highest BCUT2D eigenvalue weighted by Crippen LogP contribution is 2.27. The highest BCUT2D eigenvalue weighted by atomic mass is 16.6. The zero-order valence-corrected chi connectivity index (χ0v) is 16.2. The van der Waals surface area contributed by atoms with Gasteiger partial charge >= 0.3 is 0 Å². The van der Waals surface area contributed by atoms with Gasteiger partial charge in [-0.2, -0.15) is 0 Å². The fraction of sp³-hybridized carbons (Fsp3) is 0.286. The van der Waals surface area contributed by atoms with Crippen LogP contribution in [0.25, 0.3) is 11.0 Å². The monoisotopic (exact) mass is 407 g/mol. The van der Waals surface area contributed by atoms with Crippen molar-refractivity contribution in [3.8, 4) is 0 Å². The molecule has 4 rings (SSSR count). The van der Waals surface area contributed by atoms with Gasteiger partial charge in [-0.25, -0.2) is 4.98 Å². The quantitative estimate of drug-likeness (QED) is 0.497. The predicted octanol–water partition coefficient (Wildman–Crippen LogP) is 2.61. The average Bonchev–Trinajstić information content (AvgIpc) is 3.21. The molecule has 1 aromatic heterocycles. The number of aromatic nitrogens is 2. The van der Waals surface area contributed by atoms with Crippen molar-refractivity contribution in [2.75, 3.05) is 19.6 Å². The third-order valence-electron chi connectivity index (χ3n) is 5.36. The second-order valence-corrected chi connectivity index (χ2v) is 7.28. The molecule has 3 aromatic rings. The third-order valence-corrected chi connectivity index (χ3v) is 5.36. The van der Waals surface area contributed by atoms with Crippen LogP contribution in [0, 0.1) is 10.1 Å². The number of nitro groups is 1. The molecule has 0 spiro atoms. The summed E-state index contributed by atoms with van der Waals surface area (Å²) in [5, 5.41) is 13.4. The molecule has 9 nitrogen and oxygen atoms in total. The number of likely N-dealkylation sites (tertiary alicyclic amines) is 1. The number of imidazole rings is 1. The molecule has 9 heteroatoms. The number of amides is 2. The van der Waals surface area contributed by atoms with Gasteiger partial charge < -0.3 is 15.2 Å². The Balaban J connectivity index is 1.29. The van der Waals surface area contributed by atoms with Gasteiger partial charge in [-0.1, -0.05) is 18.2 Å². The summed E-state index contributed by atoms with van der Waals surface area (Å²) in [6.45, 7) is 1.04. The van der Waals surface area contributed by atoms with E-state index in [2.05, 4.69) is 15.3 Å². The van der Waals surface area contributed by atoms with Crippen molar-refractivity contribution in [1.29, 1.82) is 0 Å². The standard InChI is InChI=1S/C21H21N5O4/c27-19(13-22-21(28)15-4-3-5-16(12-15)26(29)30)25-10-8-14(9-11-25)20-23-17-6-1-2-7-18(17)24-20/h1-7,12,14H,8-11,13H2,(H,22,28)(H,23,24). The van der Waals surface area contributed by atoms with E-state index in [1.807, 2.05) is 24.3 Å². The minimum atomic E-state index is -0.561. The Labute approximate surface area is 172 Å². The SMILES string of the molecule is O=C(NCC(=O)N1CCC(c2nc3ccccc3[nH]2)CC1)c1cccc([N+](=O)[O-])c1. The molecule has 2 N–H and O–H groups in total. The lowest BCUT2D eigenvalue weighted by atomic mass is 9.96.